The molecule has 0 aliphatic heterocycles. The Labute approximate surface area is 232 Å². The quantitative estimate of drug-likeness (QED) is 0.185. The van der Waals surface area contributed by atoms with Crippen molar-refractivity contribution in [2.75, 3.05) is 39.0 Å². The highest BCUT2D eigenvalue weighted by Gasteiger charge is 2.36. The van der Waals surface area contributed by atoms with Crippen molar-refractivity contribution >= 4 is 39.8 Å². The number of nitrogen functional groups attached to an aromatic ring is 1. The molecule has 1 aliphatic carbocycles. The number of aliphatic hydroxyl groups excluding tert-OH is 1. The lowest BCUT2D eigenvalue weighted by Crippen LogP contribution is -2.32. The van der Waals surface area contributed by atoms with Gasteiger partial charge in [0.25, 0.3) is 0 Å². The van der Waals surface area contributed by atoms with Gasteiger partial charge in [-0.05, 0) is 82.4 Å². The number of halogens is 1. The van der Waals surface area contributed by atoms with Crippen molar-refractivity contribution in [3.8, 4) is 10.6 Å². The van der Waals surface area contributed by atoms with Crippen LogP contribution in [0.2, 0.25) is 5.28 Å². The first-order chi connectivity index (χ1) is 18.4. The second-order valence-corrected chi connectivity index (χ2v) is 11.7. The summed E-state index contributed by atoms with van der Waals surface area (Å²) in [6, 6.07) is 8.86. The number of aliphatic hydroxyl groups is 1. The molecule has 10 heteroatoms. The molecule has 38 heavy (non-hydrogen) atoms. The molecule has 1 aromatic carbocycles. The SMILES string of the molecule is Cc1ccc(CCNCCCN(C)C[C@H]2C[C@@H](n3cc(-c4nccs4)c4c(N)nc(Cl)nc43)C[C@@H]2O)cc1. The van der Waals surface area contributed by atoms with Gasteiger partial charge in [0.15, 0.2) is 0 Å². The van der Waals surface area contributed by atoms with E-state index in [0.717, 1.165) is 61.4 Å². The third-order valence-corrected chi connectivity index (χ3v) is 8.49. The molecule has 0 saturated heterocycles. The van der Waals surface area contributed by atoms with Crippen molar-refractivity contribution < 1.29 is 5.11 Å². The first-order valence-corrected chi connectivity index (χ1v) is 14.5. The standard InChI is InChI=1S/C28H36ClN7OS/c1-18-4-6-19(7-5-18)8-10-31-9-3-12-35(2)16-20-14-21(15-23(20)37)36-17-22(27-32-11-13-38-27)24-25(30)33-28(29)34-26(24)36/h4-7,11,13,17,20-21,23,31,37H,3,8-10,12,14-16H2,1-2H3,(H2,30,33,34)/t20-,21-,23+/m1/s1. The van der Waals surface area contributed by atoms with Gasteiger partial charge in [-0.1, -0.05) is 29.8 Å². The number of hydrogen-bond acceptors (Lipinski definition) is 8. The summed E-state index contributed by atoms with van der Waals surface area (Å²) in [5.74, 6) is 0.543. The van der Waals surface area contributed by atoms with E-state index in [0.29, 0.717) is 17.9 Å². The molecule has 0 bridgehead atoms. The van der Waals surface area contributed by atoms with Gasteiger partial charge in [-0.3, -0.25) is 0 Å². The van der Waals surface area contributed by atoms with E-state index in [1.807, 2.05) is 5.38 Å². The Hall–Kier alpha value is -2.56. The Morgan fingerprint density at radius 1 is 1.21 bits per heavy atom. The van der Waals surface area contributed by atoms with Gasteiger partial charge < -0.3 is 25.6 Å². The Kier molecular flexibility index (Phi) is 8.60. The van der Waals surface area contributed by atoms with Crippen LogP contribution in [-0.2, 0) is 6.42 Å². The van der Waals surface area contributed by atoms with Gasteiger partial charge >= 0.3 is 0 Å². The lowest BCUT2D eigenvalue weighted by molar-refractivity contribution is 0.108. The van der Waals surface area contributed by atoms with E-state index >= 15 is 0 Å². The van der Waals surface area contributed by atoms with Crippen LogP contribution in [0.5, 0.6) is 0 Å². The van der Waals surface area contributed by atoms with Gasteiger partial charge in [0.05, 0.1) is 11.5 Å². The van der Waals surface area contributed by atoms with E-state index in [4.69, 9.17) is 17.3 Å². The van der Waals surface area contributed by atoms with E-state index in [1.54, 1.807) is 17.5 Å². The maximum atomic E-state index is 11.0. The zero-order chi connectivity index (χ0) is 26.6. The number of aromatic nitrogens is 4. The summed E-state index contributed by atoms with van der Waals surface area (Å²) in [5.41, 5.74) is 10.6. The highest BCUT2D eigenvalue weighted by atomic mass is 35.5. The zero-order valence-electron chi connectivity index (χ0n) is 22.0. The van der Waals surface area contributed by atoms with Gasteiger partial charge in [-0.25, -0.2) is 9.97 Å². The first-order valence-electron chi connectivity index (χ1n) is 13.3. The lowest BCUT2D eigenvalue weighted by atomic mass is 10.1. The predicted octanol–water partition coefficient (Wildman–Crippen LogP) is 4.57. The largest absolute Gasteiger partial charge is 0.393 e. The number of nitrogens with zero attached hydrogens (tertiary/aromatic N) is 5. The molecule has 3 aromatic heterocycles. The smallest absolute Gasteiger partial charge is 0.226 e. The van der Waals surface area contributed by atoms with Gasteiger partial charge in [0.2, 0.25) is 5.28 Å². The van der Waals surface area contributed by atoms with Crippen molar-refractivity contribution in [3.05, 3.63) is 58.4 Å². The molecule has 202 valence electrons. The molecule has 0 amide bonds. The monoisotopic (exact) mass is 553 g/mol. The number of anilines is 1. The van der Waals surface area contributed by atoms with Crippen LogP contribution in [0, 0.1) is 12.8 Å². The summed E-state index contributed by atoms with van der Waals surface area (Å²) >= 11 is 7.74. The minimum Gasteiger partial charge on any atom is -0.393 e. The maximum Gasteiger partial charge on any atom is 0.226 e. The van der Waals surface area contributed by atoms with Crippen molar-refractivity contribution in [3.63, 3.8) is 0 Å². The summed E-state index contributed by atoms with van der Waals surface area (Å²) < 4.78 is 2.12. The number of fused-ring (bicyclic) bond motifs is 1. The summed E-state index contributed by atoms with van der Waals surface area (Å²) in [4.78, 5) is 15.5. The van der Waals surface area contributed by atoms with E-state index in [2.05, 4.69) is 74.2 Å². The van der Waals surface area contributed by atoms with E-state index < -0.39 is 0 Å². The van der Waals surface area contributed by atoms with Crippen molar-refractivity contribution in [1.82, 2.24) is 29.7 Å². The van der Waals surface area contributed by atoms with Crippen LogP contribution in [0.25, 0.3) is 21.6 Å². The molecular formula is C28H36ClN7OS. The van der Waals surface area contributed by atoms with E-state index in [1.165, 1.54) is 11.1 Å². The first kappa shape index (κ1) is 27.0. The summed E-state index contributed by atoms with van der Waals surface area (Å²) in [6.45, 7) is 5.94. The predicted molar refractivity (Wildman–Crippen MR) is 156 cm³/mol. The molecule has 1 aliphatic rings. The second-order valence-electron chi connectivity index (χ2n) is 10.4. The van der Waals surface area contributed by atoms with Gasteiger partial charge in [-0.2, -0.15) is 4.98 Å². The number of aryl methyl sites for hydroxylation is 1. The molecule has 0 spiro atoms. The highest BCUT2D eigenvalue weighted by Crippen LogP contribution is 2.41. The third-order valence-electron chi connectivity index (χ3n) is 7.51. The van der Waals surface area contributed by atoms with Gasteiger partial charge in [0.1, 0.15) is 16.5 Å². The molecular weight excluding hydrogens is 518 g/mol. The summed E-state index contributed by atoms with van der Waals surface area (Å²) in [5, 5.41) is 18.2. The average molecular weight is 554 g/mol. The minimum atomic E-state index is -0.370. The fourth-order valence-corrected chi connectivity index (χ4v) is 6.35. The van der Waals surface area contributed by atoms with Crippen LogP contribution in [0.15, 0.2) is 42.0 Å². The molecule has 0 unspecified atom stereocenters. The van der Waals surface area contributed by atoms with Crippen LogP contribution < -0.4 is 11.1 Å². The normalized spacial score (nSPS) is 19.7. The Morgan fingerprint density at radius 3 is 2.79 bits per heavy atom. The zero-order valence-corrected chi connectivity index (χ0v) is 23.5. The molecule has 3 atom stereocenters. The Morgan fingerprint density at radius 2 is 2.03 bits per heavy atom. The topological polar surface area (TPSA) is 105 Å². The minimum absolute atomic E-state index is 0.105. The van der Waals surface area contributed by atoms with Gasteiger partial charge in [-0.15, -0.1) is 11.3 Å². The molecule has 1 saturated carbocycles. The molecule has 4 aromatic rings. The van der Waals surface area contributed by atoms with Crippen molar-refractivity contribution in [2.24, 2.45) is 5.92 Å². The summed E-state index contributed by atoms with van der Waals surface area (Å²) in [6.07, 6.45) is 7.11. The molecule has 0 radical (unpaired) electrons. The van der Waals surface area contributed by atoms with Crippen LogP contribution in [0.3, 0.4) is 0 Å². The number of hydrogen-bond donors (Lipinski definition) is 3. The number of nitrogens with two attached hydrogens (primary N) is 1. The fourth-order valence-electron chi connectivity index (χ4n) is 5.52. The molecule has 1 fully saturated rings. The maximum absolute atomic E-state index is 11.0. The highest BCUT2D eigenvalue weighted by molar-refractivity contribution is 7.13. The fraction of sp³-hybridized carbons (Fsp3) is 0.464. The summed E-state index contributed by atoms with van der Waals surface area (Å²) in [7, 11) is 2.14. The number of benzene rings is 1. The van der Waals surface area contributed by atoms with Crippen LogP contribution in [0.1, 0.15) is 36.4 Å². The third kappa shape index (κ3) is 6.18. The Balaban J connectivity index is 1.15. The van der Waals surface area contributed by atoms with Crippen molar-refractivity contribution in [1.29, 1.82) is 0 Å². The second kappa shape index (κ2) is 12.1. The molecule has 4 N–H and O–H groups in total. The van der Waals surface area contributed by atoms with Crippen LogP contribution in [0.4, 0.5) is 5.82 Å². The van der Waals surface area contributed by atoms with Crippen LogP contribution >= 0.6 is 22.9 Å². The van der Waals surface area contributed by atoms with Crippen LogP contribution in [-0.4, -0.2) is 68.9 Å². The number of nitrogens with one attached hydrogen (secondary N) is 1. The average Bonchev–Trinajstić information content (AvgIpc) is 3.62. The van der Waals surface area contributed by atoms with Gasteiger partial charge in [0, 0.05) is 35.9 Å². The molecule has 8 nitrogen and oxygen atoms in total. The molecule has 5 rings (SSSR count). The number of rotatable bonds is 11. The van der Waals surface area contributed by atoms with Crippen molar-refractivity contribution in [2.45, 2.75) is 44.8 Å². The molecule has 3 heterocycles. The van der Waals surface area contributed by atoms with E-state index in [-0.39, 0.29) is 23.3 Å². The Bertz CT molecular complexity index is 1340. The lowest BCUT2D eigenvalue weighted by Gasteiger charge is -2.23. The van der Waals surface area contributed by atoms with E-state index in [9.17, 15) is 5.11 Å². The number of thiazole rings is 1.